The molecule has 0 aliphatic rings. The van der Waals surface area contributed by atoms with E-state index >= 15 is 0 Å². The monoisotopic (exact) mass is 342 g/mol. The van der Waals surface area contributed by atoms with Gasteiger partial charge in [0.25, 0.3) is 0 Å². The van der Waals surface area contributed by atoms with Crippen LogP contribution in [0, 0.1) is 6.92 Å². The molecule has 0 bridgehead atoms. The van der Waals surface area contributed by atoms with Crippen LogP contribution < -0.4 is 15.4 Å². The number of carbonyl (C=O) groups excluding carboxylic acids is 1. The Morgan fingerprint density at radius 3 is 2.40 bits per heavy atom. The summed E-state index contributed by atoms with van der Waals surface area (Å²) in [7, 11) is 0. The maximum atomic E-state index is 11.8. The zero-order chi connectivity index (χ0) is 18.2. The molecular formula is C19H22N2O4. The number of carbonyl (C=O) groups is 2. The number of carboxylic acid groups (broad SMARTS) is 1. The molecule has 6 heteroatoms. The van der Waals surface area contributed by atoms with Gasteiger partial charge in [0.15, 0.2) is 0 Å². The molecule has 2 aromatic rings. The molecule has 0 aliphatic heterocycles. The maximum Gasteiger partial charge on any atom is 0.335 e. The molecule has 6 nitrogen and oxygen atoms in total. The number of aryl methyl sites for hydroxylation is 1. The first-order valence-electron chi connectivity index (χ1n) is 8.02. The van der Waals surface area contributed by atoms with Crippen molar-refractivity contribution in [3.8, 4) is 5.75 Å². The zero-order valence-electron chi connectivity index (χ0n) is 14.3. The lowest BCUT2D eigenvalue weighted by molar-refractivity contribution is 0.0697. The summed E-state index contributed by atoms with van der Waals surface area (Å²) in [6.07, 6.45) is -0.165. The average Bonchev–Trinajstić information content (AvgIpc) is 2.60. The van der Waals surface area contributed by atoms with Crippen LogP contribution in [0.2, 0.25) is 0 Å². The lowest BCUT2D eigenvalue weighted by Crippen LogP contribution is -2.40. The standard InChI is InChI=1S/C19H22N2O4/c1-13-5-3-4-6-17(13)25-14(2)11-20-19(24)21-12-15-7-9-16(10-8-15)18(22)23/h3-10,14H,11-12H2,1-2H3,(H,22,23)(H2,20,21,24). The molecule has 0 aromatic heterocycles. The van der Waals surface area contributed by atoms with Gasteiger partial charge in [0, 0.05) is 6.54 Å². The van der Waals surface area contributed by atoms with Gasteiger partial charge >= 0.3 is 12.0 Å². The smallest absolute Gasteiger partial charge is 0.335 e. The van der Waals surface area contributed by atoms with E-state index in [0.717, 1.165) is 16.9 Å². The highest BCUT2D eigenvalue weighted by atomic mass is 16.5. The molecule has 0 saturated carbocycles. The van der Waals surface area contributed by atoms with Crippen LogP contribution in [0.3, 0.4) is 0 Å². The van der Waals surface area contributed by atoms with E-state index in [9.17, 15) is 9.59 Å². The van der Waals surface area contributed by atoms with Gasteiger partial charge < -0.3 is 20.5 Å². The van der Waals surface area contributed by atoms with Crippen LogP contribution in [0.4, 0.5) is 4.79 Å². The van der Waals surface area contributed by atoms with E-state index < -0.39 is 5.97 Å². The summed E-state index contributed by atoms with van der Waals surface area (Å²) in [5.74, 6) is -0.171. The lowest BCUT2D eigenvalue weighted by Gasteiger charge is -2.17. The fraction of sp³-hybridized carbons (Fsp3) is 0.263. The third kappa shape index (κ3) is 5.84. The summed E-state index contributed by atoms with van der Waals surface area (Å²) in [5, 5.41) is 14.3. The molecule has 2 amide bonds. The topological polar surface area (TPSA) is 87.7 Å². The van der Waals surface area contributed by atoms with E-state index in [0.29, 0.717) is 13.1 Å². The number of aromatic carboxylic acids is 1. The van der Waals surface area contributed by atoms with Gasteiger partial charge in [0.05, 0.1) is 12.1 Å². The third-order valence-electron chi connectivity index (χ3n) is 3.63. The van der Waals surface area contributed by atoms with E-state index in [2.05, 4.69) is 10.6 Å². The van der Waals surface area contributed by atoms with Gasteiger partial charge in [0.1, 0.15) is 11.9 Å². The molecule has 0 aliphatic carbocycles. The van der Waals surface area contributed by atoms with Gasteiger partial charge in [-0.1, -0.05) is 30.3 Å². The Morgan fingerprint density at radius 2 is 1.76 bits per heavy atom. The molecule has 3 N–H and O–H groups in total. The number of ether oxygens (including phenoxy) is 1. The van der Waals surface area contributed by atoms with E-state index in [1.165, 1.54) is 12.1 Å². The maximum absolute atomic E-state index is 11.8. The van der Waals surface area contributed by atoms with Gasteiger partial charge in [-0.15, -0.1) is 0 Å². The van der Waals surface area contributed by atoms with Crippen molar-refractivity contribution in [3.63, 3.8) is 0 Å². The quantitative estimate of drug-likeness (QED) is 0.722. The van der Waals surface area contributed by atoms with Gasteiger partial charge in [-0.05, 0) is 43.2 Å². The highest BCUT2D eigenvalue weighted by Crippen LogP contribution is 2.17. The number of hydrogen-bond acceptors (Lipinski definition) is 3. The minimum absolute atomic E-state index is 0.165. The number of rotatable bonds is 7. The Hall–Kier alpha value is -3.02. The van der Waals surface area contributed by atoms with Crippen molar-refractivity contribution < 1.29 is 19.4 Å². The van der Waals surface area contributed by atoms with E-state index in [1.54, 1.807) is 12.1 Å². The summed E-state index contributed by atoms with van der Waals surface area (Å²) in [6, 6.07) is 13.8. The normalized spacial score (nSPS) is 11.4. The SMILES string of the molecule is Cc1ccccc1OC(C)CNC(=O)NCc1ccc(C(=O)O)cc1. The highest BCUT2D eigenvalue weighted by Gasteiger charge is 2.08. The molecular weight excluding hydrogens is 320 g/mol. The van der Waals surface area contributed by atoms with Crippen molar-refractivity contribution in [2.45, 2.75) is 26.5 Å². The summed E-state index contributed by atoms with van der Waals surface area (Å²) >= 11 is 0. The zero-order valence-corrected chi connectivity index (χ0v) is 14.3. The van der Waals surface area contributed by atoms with Crippen molar-refractivity contribution in [1.29, 1.82) is 0 Å². The molecule has 1 unspecified atom stereocenters. The Morgan fingerprint density at radius 1 is 1.08 bits per heavy atom. The number of para-hydroxylation sites is 1. The molecule has 2 aromatic carbocycles. The second-order valence-electron chi connectivity index (χ2n) is 5.76. The molecule has 25 heavy (non-hydrogen) atoms. The predicted molar refractivity (Wildman–Crippen MR) is 94.9 cm³/mol. The number of carboxylic acids is 1. The first-order valence-corrected chi connectivity index (χ1v) is 8.02. The Bertz CT molecular complexity index is 728. The van der Waals surface area contributed by atoms with Crippen LogP contribution in [-0.2, 0) is 6.54 Å². The predicted octanol–water partition coefficient (Wildman–Crippen LogP) is 2.96. The number of urea groups is 1. The number of nitrogens with one attached hydrogen (secondary N) is 2. The first-order chi connectivity index (χ1) is 12.0. The number of amides is 2. The van der Waals surface area contributed by atoms with Crippen LogP contribution in [0.1, 0.15) is 28.4 Å². The van der Waals surface area contributed by atoms with Crippen LogP contribution in [-0.4, -0.2) is 29.8 Å². The van der Waals surface area contributed by atoms with Gasteiger partial charge in [-0.3, -0.25) is 0 Å². The van der Waals surface area contributed by atoms with Crippen molar-refractivity contribution in [2.24, 2.45) is 0 Å². The molecule has 1 atom stereocenters. The van der Waals surface area contributed by atoms with Crippen molar-refractivity contribution in [3.05, 3.63) is 65.2 Å². The summed E-state index contributed by atoms with van der Waals surface area (Å²) < 4.78 is 5.80. The molecule has 0 spiro atoms. The van der Waals surface area contributed by atoms with Crippen LogP contribution >= 0.6 is 0 Å². The van der Waals surface area contributed by atoms with Crippen LogP contribution in [0.25, 0.3) is 0 Å². The third-order valence-corrected chi connectivity index (χ3v) is 3.63. The largest absolute Gasteiger partial charge is 0.489 e. The Kier molecular flexibility index (Phi) is 6.39. The lowest BCUT2D eigenvalue weighted by atomic mass is 10.1. The fourth-order valence-electron chi connectivity index (χ4n) is 2.19. The van der Waals surface area contributed by atoms with Gasteiger partial charge in [-0.25, -0.2) is 9.59 Å². The Balaban J connectivity index is 1.73. The van der Waals surface area contributed by atoms with Crippen molar-refractivity contribution >= 4 is 12.0 Å². The average molecular weight is 342 g/mol. The van der Waals surface area contributed by atoms with E-state index in [-0.39, 0.29) is 17.7 Å². The van der Waals surface area contributed by atoms with Crippen LogP contribution in [0.15, 0.2) is 48.5 Å². The molecule has 0 heterocycles. The van der Waals surface area contributed by atoms with Gasteiger partial charge in [-0.2, -0.15) is 0 Å². The first kappa shape index (κ1) is 18.3. The van der Waals surface area contributed by atoms with Crippen LogP contribution in [0.5, 0.6) is 5.75 Å². The summed E-state index contributed by atoms with van der Waals surface area (Å²) in [6.45, 7) is 4.55. The van der Waals surface area contributed by atoms with E-state index in [4.69, 9.17) is 9.84 Å². The minimum Gasteiger partial charge on any atom is -0.489 e. The minimum atomic E-state index is -0.972. The molecule has 2 rings (SSSR count). The number of hydrogen-bond donors (Lipinski definition) is 3. The second-order valence-corrected chi connectivity index (χ2v) is 5.76. The molecule has 132 valence electrons. The number of benzene rings is 2. The molecule has 0 fully saturated rings. The Labute approximate surface area is 146 Å². The summed E-state index contributed by atoms with van der Waals surface area (Å²) in [4.78, 5) is 22.6. The summed E-state index contributed by atoms with van der Waals surface area (Å²) in [5.41, 5.74) is 2.09. The van der Waals surface area contributed by atoms with E-state index in [1.807, 2.05) is 38.1 Å². The highest BCUT2D eigenvalue weighted by molar-refractivity contribution is 5.87. The van der Waals surface area contributed by atoms with Gasteiger partial charge in [0.2, 0.25) is 0 Å². The molecule has 0 saturated heterocycles. The van der Waals surface area contributed by atoms with Crippen molar-refractivity contribution in [1.82, 2.24) is 10.6 Å². The second kappa shape index (κ2) is 8.73. The fourth-order valence-corrected chi connectivity index (χ4v) is 2.19. The molecule has 0 radical (unpaired) electrons. The van der Waals surface area contributed by atoms with Crippen molar-refractivity contribution in [2.75, 3.05) is 6.54 Å².